The van der Waals surface area contributed by atoms with Gasteiger partial charge in [0.05, 0.1) is 52.3 Å². The average Bonchev–Trinajstić information content (AvgIpc) is 3.49. The molecule has 5 rings (SSSR count). The van der Waals surface area contributed by atoms with E-state index in [9.17, 15) is 18.0 Å². The summed E-state index contributed by atoms with van der Waals surface area (Å²) in [5.41, 5.74) is 4.28. The number of benzene rings is 1. The molecule has 35 heavy (non-hydrogen) atoms. The molecule has 0 aliphatic rings. The lowest BCUT2D eigenvalue weighted by Crippen LogP contribution is -2.21. The summed E-state index contributed by atoms with van der Waals surface area (Å²) in [6, 6.07) is 8.90. The minimum absolute atomic E-state index is 0.0709. The molecular weight excluding hydrogens is 487 g/mol. The fourth-order valence-electron chi connectivity index (χ4n) is 3.48. The Kier molecular flexibility index (Phi) is 5.32. The van der Waals surface area contributed by atoms with E-state index in [2.05, 4.69) is 30.6 Å². The van der Waals surface area contributed by atoms with Gasteiger partial charge in [0, 0.05) is 5.39 Å². The van der Waals surface area contributed by atoms with Crippen molar-refractivity contribution in [2.45, 2.75) is 6.18 Å². The number of rotatable bonds is 4. The van der Waals surface area contributed by atoms with Crippen LogP contribution in [0.15, 0.2) is 61.2 Å². The third-order valence-electron chi connectivity index (χ3n) is 4.93. The maximum Gasteiger partial charge on any atom is 0.434 e. The van der Waals surface area contributed by atoms with Crippen molar-refractivity contribution in [3.8, 4) is 11.5 Å². The molecule has 0 saturated carbocycles. The topological polar surface area (TPSA) is 129 Å². The van der Waals surface area contributed by atoms with Crippen molar-refractivity contribution in [1.82, 2.24) is 34.7 Å². The van der Waals surface area contributed by atoms with E-state index < -0.39 is 23.3 Å². The fraction of sp³-hybridized carbons (Fsp3) is 0.0476. The Labute approximate surface area is 199 Å². The second-order valence-corrected chi connectivity index (χ2v) is 7.61. The van der Waals surface area contributed by atoms with Crippen LogP contribution < -0.4 is 11.1 Å². The van der Waals surface area contributed by atoms with Gasteiger partial charge in [-0.15, -0.1) is 4.80 Å². The third-order valence-corrected chi connectivity index (χ3v) is 5.21. The molecule has 1 aromatic carbocycles. The quantitative estimate of drug-likeness (QED) is 0.383. The summed E-state index contributed by atoms with van der Waals surface area (Å²) < 4.78 is 43.1. The first-order chi connectivity index (χ1) is 16.7. The van der Waals surface area contributed by atoms with Crippen molar-refractivity contribution >= 4 is 39.9 Å². The zero-order chi connectivity index (χ0) is 24.7. The van der Waals surface area contributed by atoms with E-state index in [0.29, 0.717) is 15.6 Å². The predicted molar refractivity (Wildman–Crippen MR) is 120 cm³/mol. The fourth-order valence-corrected chi connectivity index (χ4v) is 3.72. The van der Waals surface area contributed by atoms with Crippen LogP contribution in [0.1, 0.15) is 16.1 Å². The molecule has 0 aliphatic heterocycles. The molecule has 1 amide bonds. The smallest absolute Gasteiger partial charge is 0.384 e. The molecule has 10 nitrogen and oxygen atoms in total. The number of halogens is 4. The van der Waals surface area contributed by atoms with Crippen molar-refractivity contribution in [2.75, 3.05) is 11.1 Å². The van der Waals surface area contributed by atoms with Gasteiger partial charge in [-0.2, -0.15) is 28.5 Å². The summed E-state index contributed by atoms with van der Waals surface area (Å²) in [4.78, 5) is 22.2. The molecule has 0 atom stereocenters. The summed E-state index contributed by atoms with van der Waals surface area (Å²) in [6.45, 7) is 0. The maximum absolute atomic E-state index is 14.1. The van der Waals surface area contributed by atoms with Gasteiger partial charge in [0.15, 0.2) is 11.5 Å². The normalized spacial score (nSPS) is 11.7. The number of aromatic nitrogens is 7. The summed E-state index contributed by atoms with van der Waals surface area (Å²) in [7, 11) is 0. The number of nitrogen functional groups attached to an aromatic ring is 1. The Morgan fingerprint density at radius 1 is 1.06 bits per heavy atom. The summed E-state index contributed by atoms with van der Waals surface area (Å²) in [6.07, 6.45) is 0.00768. The van der Waals surface area contributed by atoms with Crippen LogP contribution in [0.3, 0.4) is 0 Å². The van der Waals surface area contributed by atoms with Gasteiger partial charge in [-0.1, -0.05) is 17.7 Å². The van der Waals surface area contributed by atoms with Crippen LogP contribution in [0.5, 0.6) is 0 Å². The van der Waals surface area contributed by atoms with E-state index in [-0.39, 0.29) is 28.0 Å². The molecule has 5 aromatic rings. The number of hydrogen-bond donors (Lipinski definition) is 2. The van der Waals surface area contributed by atoms with Crippen LogP contribution in [0.2, 0.25) is 5.02 Å². The lowest BCUT2D eigenvalue weighted by Gasteiger charge is -2.14. The minimum atomic E-state index is -4.90. The van der Waals surface area contributed by atoms with Crippen molar-refractivity contribution in [3.63, 3.8) is 0 Å². The zero-order valence-electron chi connectivity index (χ0n) is 17.4. The van der Waals surface area contributed by atoms with Crippen LogP contribution in [-0.2, 0) is 6.18 Å². The van der Waals surface area contributed by atoms with Gasteiger partial charge in [-0.3, -0.25) is 4.79 Å². The van der Waals surface area contributed by atoms with Crippen molar-refractivity contribution in [2.24, 2.45) is 0 Å². The highest BCUT2D eigenvalue weighted by Crippen LogP contribution is 2.35. The van der Waals surface area contributed by atoms with Crippen molar-refractivity contribution in [1.29, 1.82) is 0 Å². The largest absolute Gasteiger partial charge is 0.434 e. The monoisotopic (exact) mass is 499 g/mol. The number of alkyl halides is 3. The van der Waals surface area contributed by atoms with Crippen LogP contribution in [0.25, 0.3) is 22.4 Å². The van der Waals surface area contributed by atoms with E-state index in [1.807, 2.05) is 0 Å². The van der Waals surface area contributed by atoms with Crippen LogP contribution in [-0.4, -0.2) is 40.6 Å². The summed E-state index contributed by atoms with van der Waals surface area (Å²) >= 11 is 6.18. The molecule has 0 saturated heterocycles. The highest BCUT2D eigenvalue weighted by atomic mass is 35.5. The van der Waals surface area contributed by atoms with Gasteiger partial charge in [-0.05, 0) is 30.3 Å². The third kappa shape index (κ3) is 4.12. The molecule has 176 valence electrons. The number of carbonyl (C=O) groups excluding carboxylic acids is 1. The van der Waals surface area contributed by atoms with Crippen LogP contribution >= 0.6 is 11.6 Å². The molecular formula is C21H13ClF3N9O. The van der Waals surface area contributed by atoms with Crippen molar-refractivity contribution < 1.29 is 18.0 Å². The maximum atomic E-state index is 14.1. The average molecular weight is 500 g/mol. The molecule has 4 aromatic heterocycles. The number of hydrogen-bond acceptors (Lipinski definition) is 7. The van der Waals surface area contributed by atoms with E-state index in [1.54, 1.807) is 6.07 Å². The Balaban J connectivity index is 1.53. The molecule has 0 radical (unpaired) electrons. The van der Waals surface area contributed by atoms with Gasteiger partial charge in [0.1, 0.15) is 5.82 Å². The molecule has 4 heterocycles. The number of nitrogens with zero attached hydrogens (tertiary/aromatic N) is 7. The van der Waals surface area contributed by atoms with Gasteiger partial charge in [-0.25, -0.2) is 14.6 Å². The SMILES string of the molecule is Nc1ccc2c(-n3ncc(C(=O)Nc4cnc(-n5nccn5)c(Cl)c4)c3C(F)(F)F)cccc2n1. The molecule has 3 N–H and O–H groups in total. The Morgan fingerprint density at radius 2 is 1.83 bits per heavy atom. The van der Waals surface area contributed by atoms with Gasteiger partial charge in [0.25, 0.3) is 5.91 Å². The summed E-state index contributed by atoms with van der Waals surface area (Å²) in [5, 5.41) is 14.5. The Hall–Kier alpha value is -4.52. The second kappa shape index (κ2) is 8.36. The van der Waals surface area contributed by atoms with E-state index in [4.69, 9.17) is 17.3 Å². The van der Waals surface area contributed by atoms with Gasteiger partial charge < -0.3 is 11.1 Å². The number of fused-ring (bicyclic) bond motifs is 1. The summed E-state index contributed by atoms with van der Waals surface area (Å²) in [5.74, 6) is -0.648. The first kappa shape index (κ1) is 22.3. The molecule has 0 bridgehead atoms. The first-order valence-corrected chi connectivity index (χ1v) is 10.2. The van der Waals surface area contributed by atoms with E-state index in [0.717, 1.165) is 11.0 Å². The molecule has 0 unspecified atom stereocenters. The number of nitrogens with two attached hydrogens (primary N) is 1. The highest BCUT2D eigenvalue weighted by molar-refractivity contribution is 6.32. The molecule has 0 spiro atoms. The molecule has 0 aliphatic carbocycles. The number of amides is 1. The van der Waals surface area contributed by atoms with E-state index in [1.165, 1.54) is 48.9 Å². The lowest BCUT2D eigenvalue weighted by molar-refractivity contribution is -0.143. The van der Waals surface area contributed by atoms with Crippen LogP contribution in [0, 0.1) is 0 Å². The molecule has 14 heteroatoms. The van der Waals surface area contributed by atoms with Gasteiger partial charge in [0.2, 0.25) is 0 Å². The second-order valence-electron chi connectivity index (χ2n) is 7.20. The van der Waals surface area contributed by atoms with Crippen LogP contribution in [0.4, 0.5) is 24.7 Å². The van der Waals surface area contributed by atoms with Crippen molar-refractivity contribution in [3.05, 3.63) is 77.5 Å². The van der Waals surface area contributed by atoms with E-state index >= 15 is 0 Å². The lowest BCUT2D eigenvalue weighted by atomic mass is 10.1. The predicted octanol–water partition coefficient (Wildman–Crippen LogP) is 3.90. The Morgan fingerprint density at radius 3 is 2.54 bits per heavy atom. The minimum Gasteiger partial charge on any atom is -0.384 e. The number of anilines is 2. The number of carbonyl (C=O) groups is 1. The number of nitrogens with one attached hydrogen (secondary N) is 1. The van der Waals surface area contributed by atoms with Gasteiger partial charge >= 0.3 is 6.18 Å². The standard InChI is InChI=1S/C21H13ClF3N9O/c22-14-8-11(9-27-19(14)34-28-6-7-29-34)31-20(35)13-10-30-33(18(13)21(23,24)25)16-3-1-2-15-12(16)4-5-17(26)32-15/h1-10H,(H2,26,32)(H,31,35). The molecule has 0 fully saturated rings. The Bertz CT molecular complexity index is 1560. The first-order valence-electron chi connectivity index (χ1n) is 9.87. The zero-order valence-corrected chi connectivity index (χ0v) is 18.2. The highest BCUT2D eigenvalue weighted by Gasteiger charge is 2.41. The number of pyridine rings is 2.